The predicted molar refractivity (Wildman–Crippen MR) is 132 cm³/mol. The zero-order valence-electron chi connectivity index (χ0n) is 23.3. The highest BCUT2D eigenvalue weighted by molar-refractivity contribution is 5.68. The van der Waals surface area contributed by atoms with Crippen LogP contribution in [0.15, 0.2) is 12.2 Å². The molecule has 10 nitrogen and oxygen atoms in total. The number of fused-ring (bicyclic) bond motifs is 3. The van der Waals surface area contributed by atoms with Gasteiger partial charge in [0, 0.05) is 45.4 Å². The summed E-state index contributed by atoms with van der Waals surface area (Å²) in [6.07, 6.45) is -1.49. The second-order valence-electron chi connectivity index (χ2n) is 12.3. The minimum atomic E-state index is -2.07. The minimum absolute atomic E-state index is 0.0566. The smallest absolute Gasteiger partial charge is 0.303 e. The molecule has 4 bridgehead atoms. The first-order chi connectivity index (χ1) is 17.5. The normalized spacial score (nSPS) is 43.1. The van der Waals surface area contributed by atoms with Gasteiger partial charge in [-0.2, -0.15) is 0 Å². The van der Waals surface area contributed by atoms with Crippen molar-refractivity contribution in [1.82, 2.24) is 0 Å². The van der Waals surface area contributed by atoms with Gasteiger partial charge in [0.25, 0.3) is 0 Å². The molecule has 1 unspecified atom stereocenters. The van der Waals surface area contributed by atoms with Crippen LogP contribution in [0.5, 0.6) is 0 Å². The molecule has 0 aromatic rings. The highest BCUT2D eigenvalue weighted by atomic mass is 16.7. The minimum Gasteiger partial charge on any atom is -0.462 e. The molecular weight excluding hydrogens is 496 g/mol. The third kappa shape index (κ3) is 4.33. The number of carbonyl (C=O) groups excluding carboxylic acids is 4. The molecule has 2 aliphatic heterocycles. The summed E-state index contributed by atoms with van der Waals surface area (Å²) in [5.74, 6) is -4.69. The molecule has 4 fully saturated rings. The van der Waals surface area contributed by atoms with E-state index in [1.807, 2.05) is 6.92 Å². The second-order valence-corrected chi connectivity index (χ2v) is 12.3. The second kappa shape index (κ2) is 9.33. The summed E-state index contributed by atoms with van der Waals surface area (Å²) >= 11 is 0. The molecule has 0 radical (unpaired) electrons. The standard InChI is InChI=1S/C28H40O10/c1-14-19-9-10-20-24(36-17(4)31)27(19,13-26(20,8)37-18(5)32)12-23(35-16(3)30)28(33)25(6,7)22(34-15(2)29)11-21(14)38-28/h19-24,33H,1,9-13H2,2-8H3/t19-,20+,21-,22-,23+,24+,26+,27-,28?/m0/s1. The maximum atomic E-state index is 12.4. The quantitative estimate of drug-likeness (QED) is 0.325. The fourth-order valence-electron chi connectivity index (χ4n) is 8.00. The Kier molecular flexibility index (Phi) is 7.01. The van der Waals surface area contributed by atoms with Gasteiger partial charge in [-0.05, 0) is 44.1 Å². The Hall–Kier alpha value is -2.46. The largest absolute Gasteiger partial charge is 0.462 e. The maximum Gasteiger partial charge on any atom is 0.303 e. The molecule has 38 heavy (non-hydrogen) atoms. The third-order valence-corrected chi connectivity index (χ3v) is 9.48. The van der Waals surface area contributed by atoms with Gasteiger partial charge in [0.2, 0.25) is 5.79 Å². The van der Waals surface area contributed by atoms with E-state index in [4.69, 9.17) is 23.7 Å². The number of ether oxygens (including phenoxy) is 5. The molecule has 4 aliphatic rings. The van der Waals surface area contributed by atoms with E-state index in [1.165, 1.54) is 27.7 Å². The predicted octanol–water partition coefficient (Wildman–Crippen LogP) is 2.98. The molecule has 4 rings (SSSR count). The van der Waals surface area contributed by atoms with E-state index >= 15 is 0 Å². The van der Waals surface area contributed by atoms with Crippen LogP contribution >= 0.6 is 0 Å². The maximum absolute atomic E-state index is 12.4. The summed E-state index contributed by atoms with van der Waals surface area (Å²) in [7, 11) is 0. The van der Waals surface area contributed by atoms with Gasteiger partial charge >= 0.3 is 23.9 Å². The first-order valence-electron chi connectivity index (χ1n) is 13.3. The number of esters is 4. The van der Waals surface area contributed by atoms with Crippen LogP contribution in [-0.2, 0) is 42.9 Å². The fraction of sp³-hybridized carbons (Fsp3) is 0.786. The van der Waals surface area contributed by atoms with Crippen LogP contribution in [-0.4, -0.2) is 64.8 Å². The summed E-state index contributed by atoms with van der Waals surface area (Å²) in [5, 5.41) is 12.3. The van der Waals surface area contributed by atoms with E-state index in [1.54, 1.807) is 13.8 Å². The molecule has 10 heteroatoms. The van der Waals surface area contributed by atoms with Crippen molar-refractivity contribution in [3.8, 4) is 0 Å². The van der Waals surface area contributed by atoms with E-state index in [-0.39, 0.29) is 24.7 Å². The average molecular weight is 537 g/mol. The zero-order valence-corrected chi connectivity index (χ0v) is 23.3. The van der Waals surface area contributed by atoms with Gasteiger partial charge in [-0.25, -0.2) is 0 Å². The molecule has 2 aliphatic carbocycles. The molecule has 2 saturated heterocycles. The molecule has 2 heterocycles. The average Bonchev–Trinajstić information content (AvgIpc) is 2.88. The highest BCUT2D eigenvalue weighted by Crippen LogP contribution is 2.67. The van der Waals surface area contributed by atoms with Crippen molar-refractivity contribution in [3.05, 3.63) is 12.2 Å². The van der Waals surface area contributed by atoms with Crippen LogP contribution < -0.4 is 0 Å². The Morgan fingerprint density at radius 3 is 2.03 bits per heavy atom. The van der Waals surface area contributed by atoms with Gasteiger partial charge in [-0.3, -0.25) is 19.2 Å². The molecule has 212 valence electrons. The Morgan fingerprint density at radius 1 is 0.895 bits per heavy atom. The number of carbonyl (C=O) groups is 4. The van der Waals surface area contributed by atoms with Crippen molar-refractivity contribution in [2.75, 3.05) is 0 Å². The van der Waals surface area contributed by atoms with Gasteiger partial charge in [0.15, 0.2) is 6.10 Å². The molecule has 0 amide bonds. The summed E-state index contributed by atoms with van der Waals surface area (Å²) in [6, 6.07) is 0. The van der Waals surface area contributed by atoms with Crippen molar-refractivity contribution in [2.45, 2.75) is 116 Å². The lowest BCUT2D eigenvalue weighted by atomic mass is 9.56. The van der Waals surface area contributed by atoms with Crippen molar-refractivity contribution < 1.29 is 48.0 Å². The molecule has 0 aromatic heterocycles. The van der Waals surface area contributed by atoms with Crippen molar-refractivity contribution in [1.29, 1.82) is 0 Å². The molecule has 0 aromatic carbocycles. The Labute approximate surface area is 223 Å². The lowest BCUT2D eigenvalue weighted by molar-refractivity contribution is -0.373. The molecule has 2 saturated carbocycles. The van der Waals surface area contributed by atoms with E-state index in [0.29, 0.717) is 24.8 Å². The van der Waals surface area contributed by atoms with Crippen LogP contribution in [0.4, 0.5) is 0 Å². The van der Waals surface area contributed by atoms with Crippen LogP contribution in [0.2, 0.25) is 0 Å². The lowest BCUT2D eigenvalue weighted by Crippen LogP contribution is -2.69. The Bertz CT molecular complexity index is 1050. The highest BCUT2D eigenvalue weighted by Gasteiger charge is 2.73. The first-order valence-corrected chi connectivity index (χ1v) is 13.3. The van der Waals surface area contributed by atoms with Gasteiger partial charge < -0.3 is 28.8 Å². The monoisotopic (exact) mass is 536 g/mol. The van der Waals surface area contributed by atoms with E-state index in [0.717, 1.165) is 0 Å². The van der Waals surface area contributed by atoms with Crippen molar-refractivity contribution in [2.24, 2.45) is 22.7 Å². The van der Waals surface area contributed by atoms with Gasteiger partial charge in [0.1, 0.15) is 17.8 Å². The van der Waals surface area contributed by atoms with E-state index < -0.39 is 70.5 Å². The Morgan fingerprint density at radius 2 is 1.47 bits per heavy atom. The molecule has 1 spiro atoms. The summed E-state index contributed by atoms with van der Waals surface area (Å²) in [4.78, 5) is 49.0. The van der Waals surface area contributed by atoms with Crippen molar-refractivity contribution >= 4 is 23.9 Å². The number of hydrogen-bond acceptors (Lipinski definition) is 10. The topological polar surface area (TPSA) is 135 Å². The van der Waals surface area contributed by atoms with Gasteiger partial charge in [0.05, 0.1) is 11.5 Å². The van der Waals surface area contributed by atoms with Crippen LogP contribution in [0.3, 0.4) is 0 Å². The molecule has 9 atom stereocenters. The van der Waals surface area contributed by atoms with Crippen molar-refractivity contribution in [3.63, 3.8) is 0 Å². The first kappa shape index (κ1) is 28.5. The number of hydrogen-bond donors (Lipinski definition) is 1. The summed E-state index contributed by atoms with van der Waals surface area (Å²) < 4.78 is 29.7. The van der Waals surface area contributed by atoms with E-state index in [2.05, 4.69) is 6.58 Å². The number of aliphatic hydroxyl groups is 1. The Balaban J connectivity index is 1.91. The molecule has 1 N–H and O–H groups in total. The third-order valence-electron chi connectivity index (χ3n) is 9.48. The summed E-state index contributed by atoms with van der Waals surface area (Å²) in [5.41, 5.74) is -2.33. The lowest BCUT2D eigenvalue weighted by Gasteiger charge is -2.60. The van der Waals surface area contributed by atoms with Crippen LogP contribution in [0.1, 0.15) is 80.6 Å². The van der Waals surface area contributed by atoms with Crippen LogP contribution in [0, 0.1) is 22.7 Å². The fourth-order valence-corrected chi connectivity index (χ4v) is 8.00. The van der Waals surface area contributed by atoms with Gasteiger partial charge in [-0.15, -0.1) is 0 Å². The SMILES string of the molecule is C=C1[C@@H]2C[C@H](OC(C)=O)C(C)(C)C(O)(O2)[C@H](OC(C)=O)C[C@]23C[C@@](C)(OC(C)=O)[C@H](CC[C@@H]12)[C@H]3OC(C)=O. The van der Waals surface area contributed by atoms with E-state index in [9.17, 15) is 24.3 Å². The van der Waals surface area contributed by atoms with Crippen LogP contribution in [0.25, 0.3) is 0 Å². The number of rotatable bonds is 4. The molecular formula is C28H40O10. The van der Waals surface area contributed by atoms with Gasteiger partial charge in [-0.1, -0.05) is 20.4 Å². The summed E-state index contributed by atoms with van der Waals surface area (Å²) in [6.45, 7) is 14.9. The zero-order chi connectivity index (χ0) is 28.4.